The summed E-state index contributed by atoms with van der Waals surface area (Å²) in [5, 5.41) is 9.05. The van der Waals surface area contributed by atoms with Gasteiger partial charge in [0.05, 0.1) is 0 Å². The van der Waals surface area contributed by atoms with Crippen LogP contribution in [-0.4, -0.2) is 40.5 Å². The van der Waals surface area contributed by atoms with Gasteiger partial charge in [0.25, 0.3) is 5.91 Å². The molecule has 2 rings (SSSR count). The number of carbonyl (C=O) groups excluding carboxylic acids is 1. The Balaban J connectivity index is 2.22. The van der Waals surface area contributed by atoms with Crippen molar-refractivity contribution in [2.24, 2.45) is 5.73 Å². The van der Waals surface area contributed by atoms with Crippen LogP contribution in [0.25, 0.3) is 0 Å². The molecule has 1 aliphatic heterocycles. The summed E-state index contributed by atoms with van der Waals surface area (Å²) in [4.78, 5) is 24.5. The molecular weight excluding hydrogens is 220 g/mol. The van der Waals surface area contributed by atoms with Crippen LogP contribution in [0.1, 0.15) is 16.8 Å². The van der Waals surface area contributed by atoms with Crippen LogP contribution in [0.2, 0.25) is 0 Å². The molecule has 0 saturated carbocycles. The van der Waals surface area contributed by atoms with Gasteiger partial charge in [0.1, 0.15) is 6.04 Å². The first-order valence-corrected chi connectivity index (χ1v) is 5.44. The van der Waals surface area contributed by atoms with Crippen LogP contribution in [0.5, 0.6) is 0 Å². The molecule has 0 bridgehead atoms. The molecule has 1 aromatic rings. The lowest BCUT2D eigenvalue weighted by molar-refractivity contribution is -0.141. The van der Waals surface area contributed by atoms with E-state index in [1.807, 2.05) is 0 Å². The Morgan fingerprint density at radius 3 is 2.53 bits per heavy atom. The number of nitrogens with two attached hydrogens (primary N) is 1. The van der Waals surface area contributed by atoms with Gasteiger partial charge in [-0.05, 0) is 18.6 Å². The first-order chi connectivity index (χ1) is 8.09. The molecule has 0 aliphatic carbocycles. The van der Waals surface area contributed by atoms with Crippen LogP contribution in [-0.2, 0) is 4.79 Å². The topological polar surface area (TPSA) is 83.6 Å². The van der Waals surface area contributed by atoms with Crippen molar-refractivity contribution in [3.8, 4) is 0 Å². The van der Waals surface area contributed by atoms with Crippen molar-refractivity contribution >= 4 is 11.9 Å². The average molecular weight is 234 g/mol. The zero-order chi connectivity index (χ0) is 12.4. The predicted octanol–water partition coefficient (Wildman–Crippen LogP) is 0.313. The van der Waals surface area contributed by atoms with Crippen LogP contribution in [0.4, 0.5) is 0 Å². The molecule has 1 saturated heterocycles. The molecule has 1 heterocycles. The normalized spacial score (nSPS) is 23.7. The van der Waals surface area contributed by atoms with Crippen LogP contribution in [0, 0.1) is 0 Å². The third-order valence-corrected chi connectivity index (χ3v) is 2.90. The first kappa shape index (κ1) is 11.6. The van der Waals surface area contributed by atoms with E-state index in [0.29, 0.717) is 18.5 Å². The van der Waals surface area contributed by atoms with E-state index in [4.69, 9.17) is 10.8 Å². The number of amides is 1. The van der Waals surface area contributed by atoms with Gasteiger partial charge in [-0.1, -0.05) is 18.2 Å². The largest absolute Gasteiger partial charge is 0.480 e. The molecule has 1 fully saturated rings. The number of hydrogen-bond donors (Lipinski definition) is 2. The van der Waals surface area contributed by atoms with E-state index in [2.05, 4.69) is 0 Å². The van der Waals surface area contributed by atoms with Gasteiger partial charge in [-0.2, -0.15) is 0 Å². The SMILES string of the molecule is N[C@@H]1C[C@H](C(=O)O)N(C(=O)c2ccccc2)C1. The number of benzene rings is 1. The molecule has 5 heteroatoms. The minimum atomic E-state index is -0.998. The van der Waals surface area contributed by atoms with Gasteiger partial charge in [-0.15, -0.1) is 0 Å². The van der Waals surface area contributed by atoms with Crippen molar-refractivity contribution < 1.29 is 14.7 Å². The molecule has 17 heavy (non-hydrogen) atoms. The zero-order valence-electron chi connectivity index (χ0n) is 9.24. The van der Waals surface area contributed by atoms with Gasteiger partial charge >= 0.3 is 5.97 Å². The van der Waals surface area contributed by atoms with Crippen molar-refractivity contribution in [1.82, 2.24) is 4.90 Å². The molecule has 3 N–H and O–H groups in total. The predicted molar refractivity (Wildman–Crippen MR) is 61.5 cm³/mol. The van der Waals surface area contributed by atoms with E-state index >= 15 is 0 Å². The van der Waals surface area contributed by atoms with Gasteiger partial charge in [0, 0.05) is 18.2 Å². The summed E-state index contributed by atoms with van der Waals surface area (Å²) in [6, 6.07) is 7.58. The van der Waals surface area contributed by atoms with Gasteiger partial charge in [0.15, 0.2) is 0 Å². The zero-order valence-corrected chi connectivity index (χ0v) is 9.24. The maximum atomic E-state index is 12.1. The highest BCUT2D eigenvalue weighted by atomic mass is 16.4. The average Bonchev–Trinajstić information content (AvgIpc) is 2.72. The molecular formula is C12H14N2O3. The molecule has 5 nitrogen and oxygen atoms in total. The first-order valence-electron chi connectivity index (χ1n) is 5.44. The van der Waals surface area contributed by atoms with Crippen molar-refractivity contribution in [3.63, 3.8) is 0 Å². The van der Waals surface area contributed by atoms with Crippen LogP contribution in [0.3, 0.4) is 0 Å². The minimum Gasteiger partial charge on any atom is -0.480 e. The van der Waals surface area contributed by atoms with E-state index in [-0.39, 0.29) is 11.9 Å². The number of likely N-dealkylation sites (tertiary alicyclic amines) is 1. The second-order valence-electron chi connectivity index (χ2n) is 4.17. The number of carboxylic acid groups (broad SMARTS) is 1. The molecule has 1 aliphatic rings. The second-order valence-corrected chi connectivity index (χ2v) is 4.17. The Kier molecular flexibility index (Phi) is 3.10. The van der Waals surface area contributed by atoms with E-state index in [1.54, 1.807) is 30.3 Å². The Hall–Kier alpha value is -1.88. The molecule has 0 radical (unpaired) electrons. The number of hydrogen-bond acceptors (Lipinski definition) is 3. The monoisotopic (exact) mass is 234 g/mol. The summed E-state index contributed by atoms with van der Waals surface area (Å²) in [7, 11) is 0. The van der Waals surface area contributed by atoms with Crippen molar-refractivity contribution in [3.05, 3.63) is 35.9 Å². The Bertz CT molecular complexity index is 433. The highest BCUT2D eigenvalue weighted by Gasteiger charge is 2.38. The summed E-state index contributed by atoms with van der Waals surface area (Å²) < 4.78 is 0. The molecule has 0 unspecified atom stereocenters. The number of carbonyl (C=O) groups is 2. The second kappa shape index (κ2) is 4.55. The summed E-state index contributed by atoms with van der Waals surface area (Å²) in [6.07, 6.45) is 0.313. The number of nitrogens with zero attached hydrogens (tertiary/aromatic N) is 1. The Morgan fingerprint density at radius 1 is 1.29 bits per heavy atom. The smallest absolute Gasteiger partial charge is 0.326 e. The summed E-state index contributed by atoms with van der Waals surface area (Å²) in [5.41, 5.74) is 6.21. The maximum Gasteiger partial charge on any atom is 0.326 e. The van der Waals surface area contributed by atoms with Crippen LogP contribution >= 0.6 is 0 Å². The van der Waals surface area contributed by atoms with E-state index < -0.39 is 12.0 Å². The lowest BCUT2D eigenvalue weighted by Gasteiger charge is -2.21. The molecule has 0 spiro atoms. The van der Waals surface area contributed by atoms with Crippen molar-refractivity contribution in [1.29, 1.82) is 0 Å². The molecule has 90 valence electrons. The van der Waals surface area contributed by atoms with Crippen LogP contribution < -0.4 is 5.73 Å². The van der Waals surface area contributed by atoms with E-state index in [0.717, 1.165) is 0 Å². The van der Waals surface area contributed by atoms with Crippen molar-refractivity contribution in [2.75, 3.05) is 6.54 Å². The Labute approximate surface area is 98.8 Å². The van der Waals surface area contributed by atoms with Gasteiger partial charge < -0.3 is 15.7 Å². The summed E-state index contributed by atoms with van der Waals surface area (Å²) >= 11 is 0. The molecule has 1 amide bonds. The molecule has 2 atom stereocenters. The number of rotatable bonds is 2. The highest BCUT2D eigenvalue weighted by Crippen LogP contribution is 2.19. The van der Waals surface area contributed by atoms with Gasteiger partial charge in [-0.3, -0.25) is 4.79 Å². The third-order valence-electron chi connectivity index (χ3n) is 2.90. The summed E-state index contributed by atoms with van der Waals surface area (Å²) in [6.45, 7) is 0.296. The fourth-order valence-electron chi connectivity index (χ4n) is 2.07. The Morgan fingerprint density at radius 2 is 1.94 bits per heavy atom. The molecule has 0 aromatic heterocycles. The quantitative estimate of drug-likeness (QED) is 0.771. The standard InChI is InChI=1S/C12H14N2O3/c13-9-6-10(12(16)17)14(7-9)11(15)8-4-2-1-3-5-8/h1-5,9-10H,6-7,13H2,(H,16,17)/t9-,10-/m1/s1. The fraction of sp³-hybridized carbons (Fsp3) is 0.333. The third kappa shape index (κ3) is 2.29. The van der Waals surface area contributed by atoms with E-state index in [1.165, 1.54) is 4.90 Å². The fourth-order valence-corrected chi connectivity index (χ4v) is 2.07. The minimum absolute atomic E-state index is 0.260. The highest BCUT2D eigenvalue weighted by molar-refractivity contribution is 5.97. The van der Waals surface area contributed by atoms with Crippen LogP contribution in [0.15, 0.2) is 30.3 Å². The molecule has 1 aromatic carbocycles. The number of aliphatic carboxylic acids is 1. The van der Waals surface area contributed by atoms with Gasteiger partial charge in [0.2, 0.25) is 0 Å². The van der Waals surface area contributed by atoms with Gasteiger partial charge in [-0.25, -0.2) is 4.79 Å². The van der Waals surface area contributed by atoms with E-state index in [9.17, 15) is 9.59 Å². The number of carboxylic acids is 1. The maximum absolute atomic E-state index is 12.1. The van der Waals surface area contributed by atoms with Crippen molar-refractivity contribution in [2.45, 2.75) is 18.5 Å². The lowest BCUT2D eigenvalue weighted by atomic mass is 10.1. The lowest BCUT2D eigenvalue weighted by Crippen LogP contribution is -2.40. The summed E-state index contributed by atoms with van der Waals surface area (Å²) in [5.74, 6) is -1.27.